The maximum Gasteiger partial charge on any atom is 0.169 e. The van der Waals surface area contributed by atoms with Crippen LogP contribution in [0.15, 0.2) is 10.6 Å². The zero-order valence-electron chi connectivity index (χ0n) is 9.51. The second kappa shape index (κ2) is 8.84. The summed E-state index contributed by atoms with van der Waals surface area (Å²) < 4.78 is 0.666. The van der Waals surface area contributed by atoms with Crippen molar-refractivity contribution in [3.63, 3.8) is 0 Å². The van der Waals surface area contributed by atoms with Crippen molar-refractivity contribution in [3.05, 3.63) is 10.6 Å². The molecule has 0 bridgehead atoms. The molecule has 0 aliphatic rings. The summed E-state index contributed by atoms with van der Waals surface area (Å²) in [5, 5.41) is 0. The summed E-state index contributed by atoms with van der Waals surface area (Å²) in [6.07, 6.45) is 6.73. The average Bonchev–Trinajstić information content (AvgIpc) is 2.17. The molecule has 0 heterocycles. The smallest absolute Gasteiger partial charge is 0.169 e. The van der Waals surface area contributed by atoms with Crippen molar-refractivity contribution in [2.45, 2.75) is 52.4 Å². The molecule has 3 heteroatoms. The Labute approximate surface area is 100 Å². The van der Waals surface area contributed by atoms with Gasteiger partial charge in [-0.3, -0.25) is 4.79 Å². The summed E-state index contributed by atoms with van der Waals surface area (Å²) in [5.74, 6) is 0.251. The number of ketones is 2. The van der Waals surface area contributed by atoms with Gasteiger partial charge in [0.15, 0.2) is 5.78 Å². The monoisotopic (exact) mass is 274 g/mol. The Kier molecular flexibility index (Phi) is 8.58. The molecule has 0 saturated heterocycles. The standard InChI is InChI=1S/C12H19BrO2/c1-3-4-5-8-11(13)12(15)9-6-7-10(2)14/h8H,3-7,9H2,1-2H3/b11-8+. The number of allylic oxidation sites excluding steroid dienone is 2. The molecule has 15 heavy (non-hydrogen) atoms. The summed E-state index contributed by atoms with van der Waals surface area (Å²) in [6, 6.07) is 0. The number of halogens is 1. The molecular weight excluding hydrogens is 256 g/mol. The first-order valence-corrected chi connectivity index (χ1v) is 6.25. The van der Waals surface area contributed by atoms with Crippen LogP contribution in [0, 0.1) is 0 Å². The van der Waals surface area contributed by atoms with E-state index in [0.29, 0.717) is 23.7 Å². The van der Waals surface area contributed by atoms with E-state index < -0.39 is 0 Å². The zero-order valence-corrected chi connectivity index (χ0v) is 11.1. The molecule has 0 radical (unpaired) electrons. The summed E-state index contributed by atoms with van der Waals surface area (Å²) >= 11 is 3.27. The Bertz CT molecular complexity index is 244. The van der Waals surface area contributed by atoms with Crippen molar-refractivity contribution in [3.8, 4) is 0 Å². The molecular formula is C12H19BrO2. The maximum absolute atomic E-state index is 11.5. The molecule has 0 aromatic rings. The van der Waals surface area contributed by atoms with Crippen molar-refractivity contribution in [2.75, 3.05) is 0 Å². The highest BCUT2D eigenvalue weighted by atomic mass is 79.9. The lowest BCUT2D eigenvalue weighted by Gasteiger charge is -1.98. The molecule has 0 unspecified atom stereocenters. The average molecular weight is 275 g/mol. The molecule has 2 nitrogen and oxygen atoms in total. The van der Waals surface area contributed by atoms with Gasteiger partial charge in [-0.05, 0) is 35.7 Å². The Morgan fingerprint density at radius 2 is 1.87 bits per heavy atom. The fourth-order valence-electron chi connectivity index (χ4n) is 1.16. The third-order valence-corrected chi connectivity index (χ3v) is 2.85. The van der Waals surface area contributed by atoms with Crippen LogP contribution in [0.4, 0.5) is 0 Å². The Hall–Kier alpha value is -0.440. The van der Waals surface area contributed by atoms with Gasteiger partial charge < -0.3 is 4.79 Å². The second-order valence-electron chi connectivity index (χ2n) is 3.67. The fourth-order valence-corrected chi connectivity index (χ4v) is 1.59. The van der Waals surface area contributed by atoms with Crippen LogP contribution in [0.5, 0.6) is 0 Å². The van der Waals surface area contributed by atoms with E-state index in [1.165, 1.54) is 0 Å². The van der Waals surface area contributed by atoms with Crippen LogP contribution in [0.1, 0.15) is 52.4 Å². The lowest BCUT2D eigenvalue weighted by molar-refractivity contribution is -0.117. The molecule has 0 atom stereocenters. The number of hydrogen-bond donors (Lipinski definition) is 0. The molecule has 0 rings (SSSR count). The molecule has 0 spiro atoms. The van der Waals surface area contributed by atoms with Gasteiger partial charge in [-0.15, -0.1) is 0 Å². The summed E-state index contributed by atoms with van der Waals surface area (Å²) in [7, 11) is 0. The van der Waals surface area contributed by atoms with Crippen LogP contribution >= 0.6 is 15.9 Å². The van der Waals surface area contributed by atoms with E-state index in [1.54, 1.807) is 6.92 Å². The number of carbonyl (C=O) groups is 2. The minimum absolute atomic E-state index is 0.104. The molecule has 0 amide bonds. The van der Waals surface area contributed by atoms with Gasteiger partial charge in [0.2, 0.25) is 0 Å². The van der Waals surface area contributed by atoms with Crippen LogP contribution in [-0.4, -0.2) is 11.6 Å². The van der Waals surface area contributed by atoms with Gasteiger partial charge in [-0.25, -0.2) is 0 Å². The molecule has 0 N–H and O–H groups in total. The van der Waals surface area contributed by atoms with Gasteiger partial charge in [0.05, 0.1) is 4.48 Å². The topological polar surface area (TPSA) is 34.1 Å². The predicted octanol–water partition coefficient (Wildman–Crippen LogP) is 3.78. The van der Waals surface area contributed by atoms with Gasteiger partial charge in [0.1, 0.15) is 5.78 Å². The van der Waals surface area contributed by atoms with E-state index in [2.05, 4.69) is 22.9 Å². The summed E-state index contributed by atoms with van der Waals surface area (Å²) in [5.41, 5.74) is 0. The molecule has 0 saturated carbocycles. The number of carbonyl (C=O) groups excluding carboxylic acids is 2. The lowest BCUT2D eigenvalue weighted by atomic mass is 10.1. The number of unbranched alkanes of at least 4 members (excludes halogenated alkanes) is 2. The SMILES string of the molecule is CCCC/C=C(/Br)C(=O)CCCC(C)=O. The third-order valence-electron chi connectivity index (χ3n) is 2.08. The first-order chi connectivity index (χ1) is 7.07. The van der Waals surface area contributed by atoms with Crippen molar-refractivity contribution in [1.29, 1.82) is 0 Å². The first kappa shape index (κ1) is 14.6. The van der Waals surface area contributed by atoms with E-state index in [-0.39, 0.29) is 11.6 Å². The van der Waals surface area contributed by atoms with E-state index in [1.807, 2.05) is 6.08 Å². The molecule has 0 fully saturated rings. The number of Topliss-reactive ketones (excluding diaryl/α,β-unsaturated/α-hetero) is 2. The number of hydrogen-bond acceptors (Lipinski definition) is 2. The van der Waals surface area contributed by atoms with E-state index in [0.717, 1.165) is 19.3 Å². The van der Waals surface area contributed by atoms with E-state index in [4.69, 9.17) is 0 Å². The largest absolute Gasteiger partial charge is 0.300 e. The zero-order chi connectivity index (χ0) is 11.7. The predicted molar refractivity (Wildman–Crippen MR) is 66.1 cm³/mol. The molecule has 0 aromatic heterocycles. The first-order valence-electron chi connectivity index (χ1n) is 5.46. The van der Waals surface area contributed by atoms with Crippen LogP contribution in [0.3, 0.4) is 0 Å². The van der Waals surface area contributed by atoms with Gasteiger partial charge >= 0.3 is 0 Å². The minimum Gasteiger partial charge on any atom is -0.300 e. The van der Waals surface area contributed by atoms with Crippen LogP contribution in [-0.2, 0) is 9.59 Å². The van der Waals surface area contributed by atoms with Gasteiger partial charge in [0, 0.05) is 12.8 Å². The minimum atomic E-state index is 0.104. The van der Waals surface area contributed by atoms with Gasteiger partial charge in [-0.2, -0.15) is 0 Å². The highest BCUT2D eigenvalue weighted by Gasteiger charge is 2.06. The molecule has 86 valence electrons. The Morgan fingerprint density at radius 3 is 2.40 bits per heavy atom. The van der Waals surface area contributed by atoms with Crippen LogP contribution in [0.2, 0.25) is 0 Å². The van der Waals surface area contributed by atoms with Crippen LogP contribution in [0.25, 0.3) is 0 Å². The van der Waals surface area contributed by atoms with Crippen molar-refractivity contribution >= 4 is 27.5 Å². The highest BCUT2D eigenvalue weighted by Crippen LogP contribution is 2.13. The van der Waals surface area contributed by atoms with Crippen molar-refractivity contribution in [2.24, 2.45) is 0 Å². The Morgan fingerprint density at radius 1 is 1.20 bits per heavy atom. The summed E-state index contributed by atoms with van der Waals surface area (Å²) in [6.45, 7) is 3.67. The van der Waals surface area contributed by atoms with E-state index >= 15 is 0 Å². The quantitative estimate of drug-likeness (QED) is 0.499. The maximum atomic E-state index is 11.5. The van der Waals surface area contributed by atoms with Gasteiger partial charge in [0.25, 0.3) is 0 Å². The summed E-state index contributed by atoms with van der Waals surface area (Å²) in [4.78, 5) is 22.2. The number of rotatable bonds is 8. The van der Waals surface area contributed by atoms with Crippen LogP contribution < -0.4 is 0 Å². The second-order valence-corrected chi connectivity index (χ2v) is 4.53. The fraction of sp³-hybridized carbons (Fsp3) is 0.667. The van der Waals surface area contributed by atoms with E-state index in [9.17, 15) is 9.59 Å². The Balaban J connectivity index is 3.78. The lowest BCUT2D eigenvalue weighted by Crippen LogP contribution is -1.99. The van der Waals surface area contributed by atoms with Gasteiger partial charge in [-0.1, -0.05) is 25.8 Å². The molecule has 0 aliphatic carbocycles. The third kappa shape index (κ3) is 8.55. The van der Waals surface area contributed by atoms with Crippen molar-refractivity contribution < 1.29 is 9.59 Å². The normalized spacial score (nSPS) is 11.5. The highest BCUT2D eigenvalue weighted by molar-refractivity contribution is 9.12. The molecule has 0 aromatic carbocycles. The molecule has 0 aliphatic heterocycles. The van der Waals surface area contributed by atoms with Crippen molar-refractivity contribution in [1.82, 2.24) is 0 Å².